The number of hydrogen-bond donors (Lipinski definition) is 2. The lowest BCUT2D eigenvalue weighted by Crippen LogP contribution is -2.49. The first-order valence-corrected chi connectivity index (χ1v) is 8.16. The highest BCUT2D eigenvalue weighted by Crippen LogP contribution is 2.38. The summed E-state index contributed by atoms with van der Waals surface area (Å²) in [5.41, 5.74) is 5.77. The number of hydrogen-bond acceptors (Lipinski definition) is 5. The Labute approximate surface area is 136 Å². The summed E-state index contributed by atoms with van der Waals surface area (Å²) in [4.78, 5) is 14.0. The Kier molecular flexibility index (Phi) is 4.29. The lowest BCUT2D eigenvalue weighted by atomic mass is 9.88. The second-order valence-corrected chi connectivity index (χ2v) is 7.34. The predicted molar refractivity (Wildman–Crippen MR) is 89.7 cm³/mol. The van der Waals surface area contributed by atoms with E-state index in [0.717, 1.165) is 55.9 Å². The molecule has 2 heterocycles. The fraction of sp³-hybridized carbons (Fsp3) is 0.647. The summed E-state index contributed by atoms with van der Waals surface area (Å²) in [5.74, 6) is -0.422. The molecule has 0 atom stereocenters. The van der Waals surface area contributed by atoms with Crippen molar-refractivity contribution in [1.82, 2.24) is 4.98 Å². The molecule has 1 spiro atoms. The minimum absolute atomic E-state index is 0.0963. The molecule has 2 fully saturated rings. The lowest BCUT2D eigenvalue weighted by molar-refractivity contribution is -0.305. The third-order valence-corrected chi connectivity index (χ3v) is 4.51. The van der Waals surface area contributed by atoms with E-state index < -0.39 is 5.79 Å². The fourth-order valence-corrected chi connectivity index (χ4v) is 2.86. The van der Waals surface area contributed by atoms with Crippen LogP contribution in [-0.4, -0.2) is 29.7 Å². The van der Waals surface area contributed by atoms with E-state index in [-0.39, 0.29) is 11.0 Å². The van der Waals surface area contributed by atoms with Crippen molar-refractivity contribution in [2.45, 2.75) is 52.2 Å². The number of H-pyrrole nitrogens is 1. The third kappa shape index (κ3) is 3.82. The molecular formula is C17H25N3O3. The average Bonchev–Trinajstić information content (AvgIpc) is 2.53. The number of aromatic nitrogens is 1. The van der Waals surface area contributed by atoms with Crippen molar-refractivity contribution >= 4 is 11.4 Å². The van der Waals surface area contributed by atoms with Crippen LogP contribution in [0.4, 0.5) is 5.69 Å². The normalized spacial score (nSPS) is 22.8. The summed E-state index contributed by atoms with van der Waals surface area (Å²) < 4.78 is 12.0. The quantitative estimate of drug-likeness (QED) is 0.822. The number of aromatic amines is 1. The molecule has 23 heavy (non-hydrogen) atoms. The summed E-state index contributed by atoms with van der Waals surface area (Å²) in [5, 5.41) is 4.46. The van der Waals surface area contributed by atoms with E-state index in [9.17, 15) is 4.79 Å². The van der Waals surface area contributed by atoms with Gasteiger partial charge >= 0.3 is 0 Å². The van der Waals surface area contributed by atoms with Crippen LogP contribution in [0.25, 0.3) is 0 Å². The highest BCUT2D eigenvalue weighted by molar-refractivity contribution is 5.86. The SMILES string of the molecule is Cc1c[nH]c(=O)cc1NN=C1CCC2(CC1)OCC(C)(C)CO2. The maximum atomic E-state index is 11.4. The molecule has 0 aromatic carbocycles. The van der Waals surface area contributed by atoms with Gasteiger partial charge in [0, 0.05) is 36.2 Å². The molecule has 0 amide bonds. The van der Waals surface area contributed by atoms with Gasteiger partial charge in [0.2, 0.25) is 5.56 Å². The zero-order chi connectivity index (χ0) is 16.5. The van der Waals surface area contributed by atoms with Crippen LogP contribution in [0.5, 0.6) is 0 Å². The minimum Gasteiger partial charge on any atom is -0.349 e. The Morgan fingerprint density at radius 3 is 2.52 bits per heavy atom. The van der Waals surface area contributed by atoms with Crippen LogP contribution in [0.2, 0.25) is 0 Å². The molecule has 1 saturated carbocycles. The van der Waals surface area contributed by atoms with Crippen LogP contribution in [0, 0.1) is 12.3 Å². The van der Waals surface area contributed by atoms with Crippen LogP contribution in [0.1, 0.15) is 45.1 Å². The molecule has 2 N–H and O–H groups in total. The van der Waals surface area contributed by atoms with E-state index in [4.69, 9.17) is 9.47 Å². The van der Waals surface area contributed by atoms with Crippen LogP contribution in [0.3, 0.4) is 0 Å². The summed E-state index contributed by atoms with van der Waals surface area (Å²) in [6, 6.07) is 1.53. The smallest absolute Gasteiger partial charge is 0.250 e. The molecule has 6 heteroatoms. The van der Waals surface area contributed by atoms with Gasteiger partial charge in [-0.25, -0.2) is 0 Å². The van der Waals surface area contributed by atoms with Crippen molar-refractivity contribution in [3.63, 3.8) is 0 Å². The number of nitrogens with zero attached hydrogens (tertiary/aromatic N) is 1. The minimum atomic E-state index is -0.422. The maximum Gasteiger partial charge on any atom is 0.250 e. The van der Waals surface area contributed by atoms with Gasteiger partial charge in [0.05, 0.1) is 18.9 Å². The summed E-state index contributed by atoms with van der Waals surface area (Å²) in [7, 11) is 0. The standard InChI is InChI=1S/C17H25N3O3/c1-12-9-18-15(21)8-14(12)20-19-13-4-6-17(7-5-13)22-10-16(2,3)11-23-17/h8-9H,4-7,10-11H2,1-3H3,(H2,18,20,21). The number of anilines is 1. The van der Waals surface area contributed by atoms with Gasteiger partial charge in [-0.05, 0) is 25.3 Å². The molecule has 1 aliphatic heterocycles. The second-order valence-electron chi connectivity index (χ2n) is 7.34. The summed E-state index contributed by atoms with van der Waals surface area (Å²) in [6.45, 7) is 7.72. The van der Waals surface area contributed by atoms with Crippen molar-refractivity contribution in [3.05, 3.63) is 28.2 Å². The van der Waals surface area contributed by atoms with E-state index in [2.05, 4.69) is 29.4 Å². The Balaban J connectivity index is 1.59. The first kappa shape index (κ1) is 16.2. The third-order valence-electron chi connectivity index (χ3n) is 4.51. The lowest BCUT2D eigenvalue weighted by Gasteiger charge is -2.45. The van der Waals surface area contributed by atoms with Gasteiger partial charge in [-0.3, -0.25) is 10.2 Å². The Bertz CT molecular complexity index is 641. The molecule has 0 bridgehead atoms. The average molecular weight is 319 g/mol. The topological polar surface area (TPSA) is 75.7 Å². The number of ether oxygens (including phenoxy) is 2. The zero-order valence-electron chi connectivity index (χ0n) is 14.1. The first-order valence-electron chi connectivity index (χ1n) is 8.16. The number of aryl methyl sites for hydroxylation is 1. The van der Waals surface area contributed by atoms with E-state index in [0.29, 0.717) is 0 Å². The number of pyridine rings is 1. The summed E-state index contributed by atoms with van der Waals surface area (Å²) in [6.07, 6.45) is 5.04. The molecule has 1 aromatic heterocycles. The highest BCUT2D eigenvalue weighted by atomic mass is 16.7. The second kappa shape index (κ2) is 6.09. The van der Waals surface area contributed by atoms with Crippen LogP contribution < -0.4 is 11.0 Å². The fourth-order valence-electron chi connectivity index (χ4n) is 2.86. The number of nitrogens with one attached hydrogen (secondary N) is 2. The molecule has 0 radical (unpaired) electrons. The zero-order valence-corrected chi connectivity index (χ0v) is 14.1. The van der Waals surface area contributed by atoms with Crippen LogP contribution in [0.15, 0.2) is 22.2 Å². The van der Waals surface area contributed by atoms with Gasteiger partial charge in [0.15, 0.2) is 5.79 Å². The molecule has 6 nitrogen and oxygen atoms in total. The Hall–Kier alpha value is -1.66. The van der Waals surface area contributed by atoms with Crippen molar-refractivity contribution in [2.75, 3.05) is 18.6 Å². The monoisotopic (exact) mass is 319 g/mol. The largest absolute Gasteiger partial charge is 0.349 e. The van der Waals surface area contributed by atoms with Gasteiger partial charge < -0.3 is 14.5 Å². The molecule has 2 aliphatic rings. The van der Waals surface area contributed by atoms with Gasteiger partial charge in [0.1, 0.15) is 0 Å². The van der Waals surface area contributed by atoms with E-state index in [1.807, 2.05) is 6.92 Å². The van der Waals surface area contributed by atoms with Crippen LogP contribution >= 0.6 is 0 Å². The Morgan fingerprint density at radius 2 is 1.87 bits per heavy atom. The molecule has 126 valence electrons. The maximum absolute atomic E-state index is 11.4. The molecule has 1 saturated heterocycles. The molecule has 1 aromatic rings. The van der Waals surface area contributed by atoms with Crippen molar-refractivity contribution in [2.24, 2.45) is 10.5 Å². The highest BCUT2D eigenvalue weighted by Gasteiger charge is 2.42. The van der Waals surface area contributed by atoms with Crippen molar-refractivity contribution in [3.8, 4) is 0 Å². The first-order chi connectivity index (χ1) is 10.9. The molecule has 1 aliphatic carbocycles. The van der Waals surface area contributed by atoms with Gasteiger partial charge in [-0.2, -0.15) is 5.10 Å². The summed E-state index contributed by atoms with van der Waals surface area (Å²) >= 11 is 0. The number of rotatable bonds is 2. The van der Waals surface area contributed by atoms with Gasteiger partial charge in [0.25, 0.3) is 0 Å². The number of hydrazone groups is 1. The van der Waals surface area contributed by atoms with Crippen molar-refractivity contribution < 1.29 is 9.47 Å². The van der Waals surface area contributed by atoms with Gasteiger partial charge in [-0.15, -0.1) is 0 Å². The van der Waals surface area contributed by atoms with Crippen LogP contribution in [-0.2, 0) is 9.47 Å². The molecular weight excluding hydrogens is 294 g/mol. The van der Waals surface area contributed by atoms with Crippen molar-refractivity contribution in [1.29, 1.82) is 0 Å². The van der Waals surface area contributed by atoms with E-state index in [1.165, 1.54) is 6.07 Å². The molecule has 0 unspecified atom stereocenters. The van der Waals surface area contributed by atoms with E-state index in [1.54, 1.807) is 6.20 Å². The molecule has 3 rings (SSSR count). The van der Waals surface area contributed by atoms with Gasteiger partial charge in [-0.1, -0.05) is 13.8 Å². The van der Waals surface area contributed by atoms with E-state index >= 15 is 0 Å². The predicted octanol–water partition coefficient (Wildman–Crippen LogP) is 2.79. The Morgan fingerprint density at radius 1 is 1.22 bits per heavy atom.